The minimum Gasteiger partial charge on any atom is -0.353 e. The van der Waals surface area contributed by atoms with Crippen LogP contribution in [0.25, 0.3) is 0 Å². The maximum absolute atomic E-state index is 12.9. The van der Waals surface area contributed by atoms with Crippen molar-refractivity contribution in [2.75, 3.05) is 13.1 Å². The fourth-order valence-corrected chi connectivity index (χ4v) is 5.20. The van der Waals surface area contributed by atoms with Crippen molar-refractivity contribution in [3.63, 3.8) is 0 Å². The minimum atomic E-state index is -3.49. The quantitative estimate of drug-likeness (QED) is 0.859. The molecule has 0 spiro atoms. The van der Waals surface area contributed by atoms with Crippen molar-refractivity contribution in [3.8, 4) is 0 Å². The molecule has 2 aromatic rings. The van der Waals surface area contributed by atoms with E-state index in [2.05, 4.69) is 5.32 Å². The molecule has 1 aliphatic heterocycles. The first-order valence-electron chi connectivity index (χ1n) is 9.27. The summed E-state index contributed by atoms with van der Waals surface area (Å²) >= 11 is 0. The Hall–Kier alpha value is -2.18. The summed E-state index contributed by atoms with van der Waals surface area (Å²) in [4.78, 5) is 12.6. The van der Waals surface area contributed by atoms with Gasteiger partial charge in [-0.05, 0) is 43.9 Å². The highest BCUT2D eigenvalue weighted by molar-refractivity contribution is 7.89. The highest BCUT2D eigenvalue weighted by Crippen LogP contribution is 2.24. The Morgan fingerprint density at radius 1 is 1.07 bits per heavy atom. The Morgan fingerprint density at radius 3 is 2.37 bits per heavy atom. The second-order valence-electron chi connectivity index (χ2n) is 7.18. The van der Waals surface area contributed by atoms with Crippen LogP contribution in [0.5, 0.6) is 0 Å². The molecule has 0 aromatic heterocycles. The van der Waals surface area contributed by atoms with Gasteiger partial charge in [0.05, 0.1) is 11.3 Å². The molecule has 0 atom stereocenters. The van der Waals surface area contributed by atoms with Crippen LogP contribution >= 0.6 is 0 Å². The molecule has 1 saturated heterocycles. The van der Waals surface area contributed by atoms with Crippen LogP contribution in [-0.2, 0) is 21.2 Å². The lowest BCUT2D eigenvalue weighted by Crippen LogP contribution is -2.46. The molecule has 0 aliphatic carbocycles. The van der Waals surface area contributed by atoms with Crippen molar-refractivity contribution < 1.29 is 13.2 Å². The van der Waals surface area contributed by atoms with Crippen LogP contribution in [0.3, 0.4) is 0 Å². The lowest BCUT2D eigenvalue weighted by Gasteiger charge is -2.32. The molecule has 0 radical (unpaired) electrons. The Morgan fingerprint density at radius 2 is 1.74 bits per heavy atom. The summed E-state index contributed by atoms with van der Waals surface area (Å²) in [6.07, 6.45) is 1.61. The van der Waals surface area contributed by atoms with E-state index >= 15 is 0 Å². The number of aryl methyl sites for hydroxylation is 2. The molecule has 2 aromatic carbocycles. The van der Waals surface area contributed by atoms with Gasteiger partial charge in [0.1, 0.15) is 0 Å². The van der Waals surface area contributed by atoms with Gasteiger partial charge in [-0.15, -0.1) is 0 Å². The van der Waals surface area contributed by atoms with Crippen LogP contribution in [0.15, 0.2) is 53.4 Å². The summed E-state index contributed by atoms with van der Waals surface area (Å²) in [5, 5.41) is 3.04. The van der Waals surface area contributed by atoms with Crippen molar-refractivity contribution in [1.82, 2.24) is 9.62 Å². The molecule has 0 unspecified atom stereocenters. The predicted molar refractivity (Wildman–Crippen MR) is 106 cm³/mol. The first-order valence-corrected chi connectivity index (χ1v) is 10.7. The normalized spacial score (nSPS) is 16.2. The molecule has 27 heavy (non-hydrogen) atoms. The first-order chi connectivity index (χ1) is 12.9. The Kier molecular flexibility index (Phi) is 5.97. The molecule has 0 saturated carbocycles. The van der Waals surface area contributed by atoms with E-state index in [0.717, 1.165) is 16.7 Å². The van der Waals surface area contributed by atoms with Gasteiger partial charge < -0.3 is 5.32 Å². The number of rotatable bonds is 5. The van der Waals surface area contributed by atoms with Crippen LogP contribution in [0.2, 0.25) is 0 Å². The van der Waals surface area contributed by atoms with Crippen LogP contribution in [0.4, 0.5) is 0 Å². The fourth-order valence-electron chi connectivity index (χ4n) is 3.53. The molecule has 1 aliphatic rings. The molecule has 1 N–H and O–H groups in total. The number of carbonyl (C=O) groups excluding carboxylic acids is 1. The SMILES string of the molecule is Cc1ccc(S(=O)(=O)N2CCC(NC(=O)Cc3ccccc3)CC2)c(C)c1. The summed E-state index contributed by atoms with van der Waals surface area (Å²) in [6, 6.07) is 15.0. The van der Waals surface area contributed by atoms with Gasteiger partial charge in [-0.25, -0.2) is 8.42 Å². The van der Waals surface area contributed by atoms with Crippen LogP contribution < -0.4 is 5.32 Å². The van der Waals surface area contributed by atoms with Crippen molar-refractivity contribution in [1.29, 1.82) is 0 Å². The number of hydrogen-bond donors (Lipinski definition) is 1. The highest BCUT2D eigenvalue weighted by atomic mass is 32.2. The third-order valence-electron chi connectivity index (χ3n) is 4.97. The van der Waals surface area contributed by atoms with Gasteiger partial charge in [0.25, 0.3) is 0 Å². The number of carbonyl (C=O) groups is 1. The van der Waals surface area contributed by atoms with Gasteiger partial charge in [-0.3, -0.25) is 4.79 Å². The summed E-state index contributed by atoms with van der Waals surface area (Å²) < 4.78 is 27.4. The van der Waals surface area contributed by atoms with Crippen LogP contribution in [-0.4, -0.2) is 37.8 Å². The maximum Gasteiger partial charge on any atom is 0.243 e. The maximum atomic E-state index is 12.9. The topological polar surface area (TPSA) is 66.5 Å². The van der Waals surface area contributed by atoms with Crippen molar-refractivity contribution >= 4 is 15.9 Å². The summed E-state index contributed by atoms with van der Waals surface area (Å²) in [6.45, 7) is 4.63. The Labute approximate surface area is 161 Å². The van der Waals surface area contributed by atoms with E-state index in [1.807, 2.05) is 56.3 Å². The van der Waals surface area contributed by atoms with Crippen molar-refractivity contribution in [2.24, 2.45) is 0 Å². The average Bonchev–Trinajstić information content (AvgIpc) is 2.62. The van der Waals surface area contributed by atoms with Gasteiger partial charge in [-0.1, -0.05) is 48.0 Å². The van der Waals surface area contributed by atoms with E-state index in [1.54, 1.807) is 6.07 Å². The van der Waals surface area contributed by atoms with E-state index in [4.69, 9.17) is 0 Å². The van der Waals surface area contributed by atoms with Gasteiger partial charge in [0.2, 0.25) is 15.9 Å². The minimum absolute atomic E-state index is 0.0168. The Bertz CT molecular complexity index is 902. The van der Waals surface area contributed by atoms with E-state index in [9.17, 15) is 13.2 Å². The lowest BCUT2D eigenvalue weighted by molar-refractivity contribution is -0.121. The largest absolute Gasteiger partial charge is 0.353 e. The number of hydrogen-bond acceptors (Lipinski definition) is 3. The summed E-state index contributed by atoms with van der Waals surface area (Å²) in [7, 11) is -3.49. The average molecular weight is 387 g/mol. The molecule has 144 valence electrons. The second-order valence-corrected chi connectivity index (χ2v) is 9.08. The zero-order valence-electron chi connectivity index (χ0n) is 15.8. The molecule has 1 amide bonds. The number of benzene rings is 2. The first kappa shape index (κ1) is 19.6. The monoisotopic (exact) mass is 386 g/mol. The second kappa shape index (κ2) is 8.23. The number of nitrogens with zero attached hydrogens (tertiary/aromatic N) is 1. The van der Waals surface area contributed by atoms with E-state index < -0.39 is 10.0 Å². The summed E-state index contributed by atoms with van der Waals surface area (Å²) in [5.74, 6) is -0.0168. The Balaban J connectivity index is 1.57. The smallest absolute Gasteiger partial charge is 0.243 e. The van der Waals surface area contributed by atoms with Crippen LogP contribution in [0, 0.1) is 13.8 Å². The zero-order valence-corrected chi connectivity index (χ0v) is 16.6. The van der Waals surface area contributed by atoms with Crippen molar-refractivity contribution in [3.05, 3.63) is 65.2 Å². The van der Waals surface area contributed by atoms with E-state index in [-0.39, 0.29) is 11.9 Å². The molecule has 3 rings (SSSR count). The molecular weight excluding hydrogens is 360 g/mol. The zero-order chi connectivity index (χ0) is 19.4. The highest BCUT2D eigenvalue weighted by Gasteiger charge is 2.30. The van der Waals surface area contributed by atoms with Crippen LogP contribution in [0.1, 0.15) is 29.5 Å². The van der Waals surface area contributed by atoms with E-state index in [1.165, 1.54) is 4.31 Å². The van der Waals surface area contributed by atoms with Crippen molar-refractivity contribution in [2.45, 2.75) is 44.0 Å². The van der Waals surface area contributed by atoms with Gasteiger partial charge in [0, 0.05) is 19.1 Å². The third kappa shape index (κ3) is 4.76. The van der Waals surface area contributed by atoms with Gasteiger partial charge >= 0.3 is 0 Å². The number of piperidine rings is 1. The number of nitrogens with one attached hydrogen (secondary N) is 1. The standard InChI is InChI=1S/C21H26N2O3S/c1-16-8-9-20(17(2)14-16)27(25,26)23-12-10-19(11-13-23)22-21(24)15-18-6-4-3-5-7-18/h3-9,14,19H,10-13,15H2,1-2H3,(H,22,24). The lowest BCUT2D eigenvalue weighted by atomic mass is 10.1. The molecule has 1 heterocycles. The van der Waals surface area contributed by atoms with Gasteiger partial charge in [0.15, 0.2) is 0 Å². The summed E-state index contributed by atoms with van der Waals surface area (Å²) in [5.41, 5.74) is 2.80. The molecule has 6 heteroatoms. The number of sulfonamides is 1. The van der Waals surface area contributed by atoms with E-state index in [0.29, 0.717) is 37.2 Å². The van der Waals surface area contributed by atoms with Gasteiger partial charge in [-0.2, -0.15) is 4.31 Å². The molecular formula is C21H26N2O3S. The number of amides is 1. The molecule has 0 bridgehead atoms. The molecule has 5 nitrogen and oxygen atoms in total. The predicted octanol–water partition coefficient (Wildman–Crippen LogP) is 2.82. The molecule has 1 fully saturated rings. The third-order valence-corrected chi connectivity index (χ3v) is 7.03. The fraction of sp³-hybridized carbons (Fsp3) is 0.381.